The Bertz CT molecular complexity index is 1040. The zero-order chi connectivity index (χ0) is 25.3. The molecule has 6 nitrogen and oxygen atoms in total. The number of ether oxygens (including phenoxy) is 1. The molecule has 2 aliphatic rings. The fraction of sp³-hybridized carbons (Fsp3) is 0.655. The summed E-state index contributed by atoms with van der Waals surface area (Å²) in [6.45, 7) is 11.6. The Kier molecular flexibility index (Phi) is 7.48. The summed E-state index contributed by atoms with van der Waals surface area (Å²) < 4.78 is 5.50. The summed E-state index contributed by atoms with van der Waals surface area (Å²) in [6, 6.07) is 8.63. The topological polar surface area (TPSA) is 65.6 Å². The first kappa shape index (κ1) is 25.6. The normalized spacial score (nSPS) is 22.8. The third-order valence-corrected chi connectivity index (χ3v) is 7.57. The molecule has 1 aliphatic heterocycles. The van der Waals surface area contributed by atoms with Crippen LogP contribution in [0.4, 0.5) is 4.79 Å². The third kappa shape index (κ3) is 5.84. The lowest BCUT2D eigenvalue weighted by molar-refractivity contribution is -0.140. The molecule has 2 heterocycles. The highest BCUT2D eigenvalue weighted by Gasteiger charge is 2.38. The molecule has 2 amide bonds. The van der Waals surface area contributed by atoms with Gasteiger partial charge in [0.15, 0.2) is 0 Å². The van der Waals surface area contributed by atoms with Crippen LogP contribution in [0.1, 0.15) is 84.0 Å². The number of rotatable bonds is 5. The average molecular weight is 482 g/mol. The average Bonchev–Trinajstić information content (AvgIpc) is 3.17. The number of carbonyl (C=O) groups excluding carboxylic acids is 2. The van der Waals surface area contributed by atoms with Crippen LogP contribution in [0, 0.1) is 17.8 Å². The number of carbonyl (C=O) groups is 2. The zero-order valence-corrected chi connectivity index (χ0v) is 22.4. The molecule has 0 radical (unpaired) electrons. The molecule has 1 aromatic carbocycles. The Morgan fingerprint density at radius 1 is 1.14 bits per heavy atom. The molecule has 1 N–H and O–H groups in total. The van der Waals surface area contributed by atoms with Crippen molar-refractivity contribution in [2.75, 3.05) is 20.1 Å². The van der Waals surface area contributed by atoms with E-state index in [1.807, 2.05) is 27.8 Å². The number of hydrogen-bond donors (Lipinski definition) is 1. The lowest BCUT2D eigenvalue weighted by Gasteiger charge is -2.40. The molecule has 1 aliphatic carbocycles. The SMILES string of the molecule is CC(C)CC1c2[nH]c3ccccc3c2CCN1C(=O)C1CCC(CN(C)C(=O)OC(C)(C)C)CC1. The first-order valence-electron chi connectivity index (χ1n) is 13.4. The minimum Gasteiger partial charge on any atom is -0.444 e. The van der Waals surface area contributed by atoms with Gasteiger partial charge in [-0.15, -0.1) is 0 Å². The number of aromatic nitrogens is 1. The van der Waals surface area contributed by atoms with Crippen LogP contribution >= 0.6 is 0 Å². The number of benzene rings is 1. The Balaban J connectivity index is 1.40. The minimum atomic E-state index is -0.485. The molecular formula is C29H43N3O3. The van der Waals surface area contributed by atoms with Gasteiger partial charge < -0.3 is 19.5 Å². The summed E-state index contributed by atoms with van der Waals surface area (Å²) in [6.07, 6.45) is 5.37. The molecule has 35 heavy (non-hydrogen) atoms. The van der Waals surface area contributed by atoms with Crippen LogP contribution in [0.15, 0.2) is 24.3 Å². The largest absolute Gasteiger partial charge is 0.444 e. The molecule has 1 fully saturated rings. The number of H-pyrrole nitrogens is 1. The summed E-state index contributed by atoms with van der Waals surface area (Å²) in [5.41, 5.74) is 3.33. The van der Waals surface area contributed by atoms with E-state index in [9.17, 15) is 9.59 Å². The molecule has 1 unspecified atom stereocenters. The van der Waals surface area contributed by atoms with Crippen molar-refractivity contribution in [3.63, 3.8) is 0 Å². The molecule has 4 rings (SSSR count). The van der Waals surface area contributed by atoms with Crippen LogP contribution in [-0.4, -0.2) is 52.5 Å². The zero-order valence-electron chi connectivity index (χ0n) is 22.4. The van der Waals surface area contributed by atoms with Gasteiger partial charge >= 0.3 is 6.09 Å². The van der Waals surface area contributed by atoms with Gasteiger partial charge in [-0.05, 0) is 82.8 Å². The molecule has 6 heteroatoms. The fourth-order valence-electron chi connectivity index (χ4n) is 5.90. The first-order chi connectivity index (χ1) is 16.5. The monoisotopic (exact) mass is 481 g/mol. The number of nitrogens with one attached hydrogen (secondary N) is 1. The third-order valence-electron chi connectivity index (χ3n) is 7.57. The molecule has 0 bridgehead atoms. The summed E-state index contributed by atoms with van der Waals surface area (Å²) in [4.78, 5) is 33.7. The van der Waals surface area contributed by atoms with Crippen LogP contribution in [0.5, 0.6) is 0 Å². The van der Waals surface area contributed by atoms with E-state index in [1.54, 1.807) is 4.90 Å². The maximum absolute atomic E-state index is 13.8. The number of fused-ring (bicyclic) bond motifs is 3. The van der Waals surface area contributed by atoms with Crippen molar-refractivity contribution >= 4 is 22.9 Å². The van der Waals surface area contributed by atoms with Gasteiger partial charge in [-0.25, -0.2) is 4.79 Å². The number of aromatic amines is 1. The van der Waals surface area contributed by atoms with Gasteiger partial charge in [0.1, 0.15) is 5.60 Å². The predicted octanol–water partition coefficient (Wildman–Crippen LogP) is 6.31. The van der Waals surface area contributed by atoms with E-state index in [1.165, 1.54) is 22.2 Å². The Labute approximate surface area is 210 Å². The lowest BCUT2D eigenvalue weighted by atomic mass is 9.80. The van der Waals surface area contributed by atoms with Crippen LogP contribution in [0.2, 0.25) is 0 Å². The molecular weight excluding hydrogens is 438 g/mol. The fourth-order valence-corrected chi connectivity index (χ4v) is 5.90. The van der Waals surface area contributed by atoms with E-state index in [4.69, 9.17) is 4.74 Å². The van der Waals surface area contributed by atoms with Crippen molar-refractivity contribution in [2.24, 2.45) is 17.8 Å². The highest BCUT2D eigenvalue weighted by Crippen LogP contribution is 2.40. The quantitative estimate of drug-likeness (QED) is 0.544. The van der Waals surface area contributed by atoms with Crippen molar-refractivity contribution in [3.8, 4) is 0 Å². The molecule has 0 spiro atoms. The van der Waals surface area contributed by atoms with Crippen molar-refractivity contribution in [1.82, 2.24) is 14.8 Å². The van der Waals surface area contributed by atoms with E-state index in [2.05, 4.69) is 48.0 Å². The smallest absolute Gasteiger partial charge is 0.410 e. The van der Waals surface area contributed by atoms with Gasteiger partial charge in [-0.1, -0.05) is 32.0 Å². The molecule has 192 valence electrons. The standard InChI is InChI=1S/C29H43N3O3/c1-19(2)17-25-26-23(22-9-7-8-10-24(22)30-26)15-16-32(25)27(33)21-13-11-20(12-14-21)18-31(6)28(34)35-29(3,4)5/h7-10,19-21,25,30H,11-18H2,1-6H3. The molecule has 0 saturated heterocycles. The van der Waals surface area contributed by atoms with Crippen molar-refractivity contribution < 1.29 is 14.3 Å². The van der Waals surface area contributed by atoms with Crippen LogP contribution < -0.4 is 0 Å². The Hall–Kier alpha value is -2.50. The summed E-state index contributed by atoms with van der Waals surface area (Å²) in [5.74, 6) is 1.33. The highest BCUT2D eigenvalue weighted by molar-refractivity contribution is 5.86. The summed E-state index contributed by atoms with van der Waals surface area (Å²) >= 11 is 0. The van der Waals surface area contributed by atoms with Gasteiger partial charge in [0.2, 0.25) is 5.91 Å². The van der Waals surface area contributed by atoms with Crippen LogP contribution in [0.3, 0.4) is 0 Å². The maximum Gasteiger partial charge on any atom is 0.410 e. The minimum absolute atomic E-state index is 0.0821. The van der Waals surface area contributed by atoms with Gasteiger partial charge in [-0.3, -0.25) is 4.79 Å². The number of para-hydroxylation sites is 1. The van der Waals surface area contributed by atoms with Gasteiger partial charge in [-0.2, -0.15) is 0 Å². The first-order valence-corrected chi connectivity index (χ1v) is 13.4. The van der Waals surface area contributed by atoms with Crippen molar-refractivity contribution in [2.45, 2.75) is 84.8 Å². The van der Waals surface area contributed by atoms with Crippen LogP contribution in [-0.2, 0) is 16.0 Å². The van der Waals surface area contributed by atoms with Gasteiger partial charge in [0.25, 0.3) is 0 Å². The highest BCUT2D eigenvalue weighted by atomic mass is 16.6. The Morgan fingerprint density at radius 3 is 2.49 bits per heavy atom. The molecule has 1 atom stereocenters. The van der Waals surface area contributed by atoms with Gasteiger partial charge in [0, 0.05) is 42.7 Å². The second kappa shape index (κ2) is 10.2. The summed E-state index contributed by atoms with van der Waals surface area (Å²) in [5, 5.41) is 1.30. The van der Waals surface area contributed by atoms with E-state index in [0.717, 1.165) is 45.1 Å². The second-order valence-electron chi connectivity index (χ2n) is 12.1. The molecule has 1 saturated carbocycles. The predicted molar refractivity (Wildman–Crippen MR) is 140 cm³/mol. The van der Waals surface area contributed by atoms with Crippen molar-refractivity contribution in [1.29, 1.82) is 0 Å². The number of hydrogen-bond acceptors (Lipinski definition) is 3. The van der Waals surface area contributed by atoms with E-state index >= 15 is 0 Å². The summed E-state index contributed by atoms with van der Waals surface area (Å²) in [7, 11) is 1.81. The number of nitrogens with zero attached hydrogens (tertiary/aromatic N) is 2. The lowest BCUT2D eigenvalue weighted by Crippen LogP contribution is -2.45. The van der Waals surface area contributed by atoms with E-state index in [0.29, 0.717) is 24.3 Å². The van der Waals surface area contributed by atoms with Crippen molar-refractivity contribution in [3.05, 3.63) is 35.5 Å². The number of amides is 2. The maximum atomic E-state index is 13.8. The molecule has 2 aromatic rings. The van der Waals surface area contributed by atoms with E-state index < -0.39 is 5.60 Å². The van der Waals surface area contributed by atoms with E-state index in [-0.39, 0.29) is 18.1 Å². The van der Waals surface area contributed by atoms with Crippen LogP contribution in [0.25, 0.3) is 10.9 Å². The van der Waals surface area contributed by atoms with Gasteiger partial charge in [0.05, 0.1) is 6.04 Å². The molecule has 1 aromatic heterocycles. The Morgan fingerprint density at radius 2 is 1.83 bits per heavy atom. The second-order valence-corrected chi connectivity index (χ2v) is 12.1.